The lowest BCUT2D eigenvalue weighted by Crippen LogP contribution is -2.24. The third-order valence-corrected chi connectivity index (χ3v) is 3.89. The van der Waals surface area contributed by atoms with Gasteiger partial charge in [0.05, 0.1) is 5.92 Å². The number of ether oxygens (including phenoxy) is 1. The Hall–Kier alpha value is -0.530. The second-order valence-corrected chi connectivity index (χ2v) is 4.26. The molecule has 1 saturated heterocycles. The molecule has 74 valence electrons. The first-order chi connectivity index (χ1) is 6.27. The van der Waals surface area contributed by atoms with Crippen molar-refractivity contribution in [1.29, 1.82) is 0 Å². The van der Waals surface area contributed by atoms with E-state index in [9.17, 15) is 4.79 Å². The quantitative estimate of drug-likeness (QED) is 0.537. The predicted octanol–water partition coefficient (Wildman–Crippen LogP) is 2.23. The van der Waals surface area contributed by atoms with Crippen LogP contribution in [-0.2, 0) is 9.53 Å². The molecule has 3 aliphatic rings. The second kappa shape index (κ2) is 3.00. The zero-order chi connectivity index (χ0) is 9.59. The fourth-order valence-electron chi connectivity index (χ4n) is 3.25. The van der Waals surface area contributed by atoms with Gasteiger partial charge in [-0.25, -0.2) is 0 Å². The molecule has 0 aromatic rings. The van der Waals surface area contributed by atoms with Crippen molar-refractivity contribution < 1.29 is 9.53 Å². The fraction of sp³-hybridized carbons (Fsp3) is 0.909. The Morgan fingerprint density at radius 2 is 2.00 bits per heavy atom. The summed E-state index contributed by atoms with van der Waals surface area (Å²) in [5, 5.41) is 0. The van der Waals surface area contributed by atoms with Crippen LogP contribution in [0.15, 0.2) is 0 Å². The Kier molecular flexibility index (Phi) is 2.09. The van der Waals surface area contributed by atoms with E-state index in [4.69, 9.17) is 4.74 Å². The molecule has 2 heteroatoms. The summed E-state index contributed by atoms with van der Waals surface area (Å²) >= 11 is 0. The van der Waals surface area contributed by atoms with Gasteiger partial charge in [-0.15, -0.1) is 0 Å². The minimum absolute atomic E-state index is 0.0897. The van der Waals surface area contributed by atoms with Crippen LogP contribution in [-0.4, -0.2) is 12.1 Å². The van der Waals surface area contributed by atoms with Crippen molar-refractivity contribution in [2.45, 2.75) is 39.7 Å². The summed E-state index contributed by atoms with van der Waals surface area (Å²) in [6.45, 7) is 6.23. The Morgan fingerprint density at radius 1 is 1.31 bits per heavy atom. The zero-order valence-corrected chi connectivity index (χ0v) is 8.62. The summed E-state index contributed by atoms with van der Waals surface area (Å²) in [7, 11) is 0. The Labute approximate surface area is 79.7 Å². The van der Waals surface area contributed by atoms with E-state index in [0.29, 0.717) is 23.9 Å². The third kappa shape index (κ3) is 1.04. The minimum atomic E-state index is 0.0897. The van der Waals surface area contributed by atoms with Crippen molar-refractivity contribution in [1.82, 2.24) is 0 Å². The molecule has 13 heavy (non-hydrogen) atoms. The highest BCUT2D eigenvalue weighted by Crippen LogP contribution is 2.56. The van der Waals surface area contributed by atoms with Crippen LogP contribution in [0.25, 0.3) is 0 Å². The monoisotopic (exact) mass is 182 g/mol. The van der Waals surface area contributed by atoms with E-state index in [1.807, 2.05) is 13.8 Å². The van der Waals surface area contributed by atoms with Gasteiger partial charge < -0.3 is 4.74 Å². The highest BCUT2D eigenvalue weighted by atomic mass is 16.6. The molecular weight excluding hydrogens is 164 g/mol. The van der Waals surface area contributed by atoms with Gasteiger partial charge in [0.1, 0.15) is 6.10 Å². The van der Waals surface area contributed by atoms with Gasteiger partial charge in [0.2, 0.25) is 0 Å². The van der Waals surface area contributed by atoms with E-state index < -0.39 is 0 Å². The van der Waals surface area contributed by atoms with Gasteiger partial charge in [-0.3, -0.25) is 4.79 Å². The van der Waals surface area contributed by atoms with Crippen LogP contribution in [0.5, 0.6) is 0 Å². The Bertz CT molecular complexity index is 224. The molecule has 0 aromatic carbocycles. The normalized spacial score (nSPS) is 50.1. The lowest BCUT2D eigenvalue weighted by Gasteiger charge is -2.20. The SMILES string of the molecule is CC.C[C@H]1C2CC3C(=O)OC1C3C2. The van der Waals surface area contributed by atoms with Crippen molar-refractivity contribution in [3.63, 3.8) is 0 Å². The fourth-order valence-corrected chi connectivity index (χ4v) is 3.25. The molecule has 3 rings (SSSR count). The summed E-state index contributed by atoms with van der Waals surface area (Å²) < 4.78 is 5.31. The summed E-state index contributed by atoms with van der Waals surface area (Å²) in [5.41, 5.74) is 0. The van der Waals surface area contributed by atoms with Crippen LogP contribution in [0.4, 0.5) is 0 Å². The van der Waals surface area contributed by atoms with Crippen molar-refractivity contribution >= 4 is 5.97 Å². The first kappa shape index (κ1) is 9.04. The van der Waals surface area contributed by atoms with Crippen molar-refractivity contribution in [2.24, 2.45) is 23.7 Å². The van der Waals surface area contributed by atoms with E-state index >= 15 is 0 Å². The van der Waals surface area contributed by atoms with Crippen LogP contribution >= 0.6 is 0 Å². The van der Waals surface area contributed by atoms with Gasteiger partial charge in [-0.2, -0.15) is 0 Å². The summed E-state index contributed by atoms with van der Waals surface area (Å²) in [5.74, 6) is 2.42. The Balaban J connectivity index is 0.000000308. The number of rotatable bonds is 0. The maximum absolute atomic E-state index is 11.2. The third-order valence-electron chi connectivity index (χ3n) is 3.89. The molecule has 2 aliphatic carbocycles. The number of carbonyl (C=O) groups is 1. The molecule has 2 nitrogen and oxygen atoms in total. The highest BCUT2D eigenvalue weighted by molar-refractivity contribution is 5.76. The summed E-state index contributed by atoms with van der Waals surface area (Å²) in [6.07, 6.45) is 2.66. The first-order valence-electron chi connectivity index (χ1n) is 5.48. The van der Waals surface area contributed by atoms with E-state index in [0.717, 1.165) is 12.3 Å². The smallest absolute Gasteiger partial charge is 0.309 e. The van der Waals surface area contributed by atoms with Crippen LogP contribution in [0.1, 0.15) is 33.6 Å². The van der Waals surface area contributed by atoms with Crippen molar-refractivity contribution in [3.8, 4) is 0 Å². The number of carbonyl (C=O) groups excluding carboxylic acids is 1. The first-order valence-corrected chi connectivity index (χ1v) is 5.48. The van der Waals surface area contributed by atoms with E-state index in [1.165, 1.54) is 6.42 Å². The molecule has 4 unspecified atom stereocenters. The number of fused-ring (bicyclic) bond motifs is 1. The molecule has 0 aromatic heterocycles. The molecule has 0 N–H and O–H groups in total. The molecule has 2 bridgehead atoms. The standard InChI is InChI=1S/C9H12O2.C2H6/c1-4-5-2-6-7(3-5)9(10)11-8(4)6;1-2/h4-8H,2-3H2,1H3;1-2H3/t4-,5?,6?,7?,8?;/m0./s1. The van der Waals surface area contributed by atoms with Crippen LogP contribution in [0, 0.1) is 23.7 Å². The lowest BCUT2D eigenvalue weighted by molar-refractivity contribution is -0.144. The van der Waals surface area contributed by atoms with Gasteiger partial charge in [0, 0.05) is 5.92 Å². The molecule has 1 heterocycles. The second-order valence-electron chi connectivity index (χ2n) is 4.26. The molecule has 0 amide bonds. The highest BCUT2D eigenvalue weighted by Gasteiger charge is 2.59. The molecule has 0 radical (unpaired) electrons. The van der Waals surface area contributed by atoms with E-state index in [2.05, 4.69) is 6.92 Å². The maximum Gasteiger partial charge on any atom is 0.309 e. The lowest BCUT2D eigenvalue weighted by atomic mass is 9.83. The maximum atomic E-state index is 11.2. The van der Waals surface area contributed by atoms with Crippen molar-refractivity contribution in [3.05, 3.63) is 0 Å². The molecule has 0 spiro atoms. The molecular formula is C11H18O2. The Morgan fingerprint density at radius 3 is 2.54 bits per heavy atom. The number of esters is 1. The van der Waals surface area contributed by atoms with Crippen LogP contribution < -0.4 is 0 Å². The van der Waals surface area contributed by atoms with Gasteiger partial charge in [0.25, 0.3) is 0 Å². The van der Waals surface area contributed by atoms with Crippen LogP contribution in [0.2, 0.25) is 0 Å². The van der Waals surface area contributed by atoms with Gasteiger partial charge in [-0.1, -0.05) is 20.8 Å². The number of hydrogen-bond acceptors (Lipinski definition) is 2. The average Bonchev–Trinajstić information content (AvgIpc) is 2.74. The van der Waals surface area contributed by atoms with Gasteiger partial charge in [0.15, 0.2) is 0 Å². The van der Waals surface area contributed by atoms with E-state index in [1.54, 1.807) is 0 Å². The molecule has 2 saturated carbocycles. The average molecular weight is 182 g/mol. The zero-order valence-electron chi connectivity index (χ0n) is 8.62. The summed E-state index contributed by atoms with van der Waals surface area (Å²) in [4.78, 5) is 11.2. The predicted molar refractivity (Wildman–Crippen MR) is 50.1 cm³/mol. The van der Waals surface area contributed by atoms with Gasteiger partial charge in [-0.05, 0) is 24.7 Å². The number of hydrogen-bond donors (Lipinski definition) is 0. The topological polar surface area (TPSA) is 26.3 Å². The molecule has 5 atom stereocenters. The summed E-state index contributed by atoms with van der Waals surface area (Å²) in [6, 6.07) is 0. The van der Waals surface area contributed by atoms with E-state index in [-0.39, 0.29) is 5.97 Å². The van der Waals surface area contributed by atoms with Crippen LogP contribution in [0.3, 0.4) is 0 Å². The molecule has 1 aliphatic heterocycles. The van der Waals surface area contributed by atoms with Crippen molar-refractivity contribution in [2.75, 3.05) is 0 Å². The molecule has 3 fully saturated rings. The van der Waals surface area contributed by atoms with Gasteiger partial charge >= 0.3 is 5.97 Å². The minimum Gasteiger partial charge on any atom is -0.462 e. The largest absolute Gasteiger partial charge is 0.462 e.